The SMILES string of the molecule is COC(=O)CCC(=O)Nc1cc(C(F)(F)F)ccc1C(=O)OC. The lowest BCUT2D eigenvalue weighted by atomic mass is 10.1. The van der Waals surface area contributed by atoms with Crippen LogP contribution in [-0.2, 0) is 25.2 Å². The number of hydrogen-bond acceptors (Lipinski definition) is 5. The Kier molecular flexibility index (Phi) is 6.11. The molecule has 0 radical (unpaired) electrons. The summed E-state index contributed by atoms with van der Waals surface area (Å²) in [7, 11) is 2.20. The molecule has 1 aromatic carbocycles. The molecule has 0 aliphatic rings. The monoisotopic (exact) mass is 333 g/mol. The van der Waals surface area contributed by atoms with E-state index in [0.29, 0.717) is 12.1 Å². The van der Waals surface area contributed by atoms with Gasteiger partial charge in [0.25, 0.3) is 0 Å². The number of ether oxygens (including phenoxy) is 2. The zero-order valence-electron chi connectivity index (χ0n) is 12.3. The topological polar surface area (TPSA) is 81.7 Å². The fourth-order valence-electron chi connectivity index (χ4n) is 1.64. The van der Waals surface area contributed by atoms with Gasteiger partial charge in [-0.05, 0) is 18.2 Å². The van der Waals surface area contributed by atoms with Gasteiger partial charge in [0.2, 0.25) is 5.91 Å². The van der Waals surface area contributed by atoms with Crippen molar-refractivity contribution >= 4 is 23.5 Å². The highest BCUT2D eigenvalue weighted by molar-refractivity contribution is 6.01. The van der Waals surface area contributed by atoms with Crippen molar-refractivity contribution in [2.45, 2.75) is 19.0 Å². The summed E-state index contributed by atoms with van der Waals surface area (Å²) in [6, 6.07) is 2.24. The number of hydrogen-bond donors (Lipinski definition) is 1. The maximum absolute atomic E-state index is 12.7. The normalized spacial score (nSPS) is 10.8. The molecule has 0 fully saturated rings. The number of rotatable bonds is 5. The van der Waals surface area contributed by atoms with Gasteiger partial charge < -0.3 is 14.8 Å². The van der Waals surface area contributed by atoms with E-state index >= 15 is 0 Å². The first-order chi connectivity index (χ1) is 10.7. The summed E-state index contributed by atoms with van der Waals surface area (Å²) >= 11 is 0. The van der Waals surface area contributed by atoms with Crippen molar-refractivity contribution in [1.29, 1.82) is 0 Å². The zero-order valence-corrected chi connectivity index (χ0v) is 12.3. The predicted molar refractivity (Wildman–Crippen MR) is 72.7 cm³/mol. The molecule has 126 valence electrons. The zero-order chi connectivity index (χ0) is 17.6. The molecule has 0 spiro atoms. The van der Waals surface area contributed by atoms with E-state index in [1.807, 2.05) is 0 Å². The Hall–Kier alpha value is -2.58. The van der Waals surface area contributed by atoms with Gasteiger partial charge in [-0.1, -0.05) is 0 Å². The number of anilines is 1. The molecule has 6 nitrogen and oxygen atoms in total. The van der Waals surface area contributed by atoms with Crippen molar-refractivity contribution in [3.05, 3.63) is 29.3 Å². The van der Waals surface area contributed by atoms with Gasteiger partial charge in [-0.3, -0.25) is 9.59 Å². The number of nitrogens with one attached hydrogen (secondary N) is 1. The molecule has 0 aliphatic heterocycles. The lowest BCUT2D eigenvalue weighted by molar-refractivity contribution is -0.141. The van der Waals surface area contributed by atoms with Gasteiger partial charge in [0.15, 0.2) is 0 Å². The second-order valence-electron chi connectivity index (χ2n) is 4.37. The first-order valence-corrected chi connectivity index (χ1v) is 6.35. The lowest BCUT2D eigenvalue weighted by Crippen LogP contribution is -2.18. The van der Waals surface area contributed by atoms with E-state index in [1.54, 1.807) is 0 Å². The highest BCUT2D eigenvalue weighted by Crippen LogP contribution is 2.32. The molecule has 1 amide bonds. The van der Waals surface area contributed by atoms with E-state index in [-0.39, 0.29) is 24.1 Å². The maximum Gasteiger partial charge on any atom is 0.416 e. The Morgan fingerprint density at radius 3 is 2.26 bits per heavy atom. The fourth-order valence-corrected chi connectivity index (χ4v) is 1.64. The standard InChI is InChI=1S/C14H14F3NO5/c1-22-12(20)6-5-11(19)18-10-7-8(14(15,16)17)3-4-9(10)13(21)23-2/h3-4,7H,5-6H2,1-2H3,(H,18,19). The first kappa shape index (κ1) is 18.5. The number of alkyl halides is 3. The van der Waals surface area contributed by atoms with E-state index in [2.05, 4.69) is 14.8 Å². The van der Waals surface area contributed by atoms with E-state index in [4.69, 9.17) is 0 Å². The third-order valence-corrected chi connectivity index (χ3v) is 2.81. The van der Waals surface area contributed by atoms with Crippen LogP contribution in [-0.4, -0.2) is 32.1 Å². The summed E-state index contributed by atoms with van der Waals surface area (Å²) < 4.78 is 47.0. The Morgan fingerprint density at radius 2 is 1.74 bits per heavy atom. The van der Waals surface area contributed by atoms with Gasteiger partial charge >= 0.3 is 18.1 Å². The van der Waals surface area contributed by atoms with Crippen LogP contribution in [0.1, 0.15) is 28.8 Å². The Morgan fingerprint density at radius 1 is 1.09 bits per heavy atom. The number of esters is 2. The molecule has 0 saturated heterocycles. The van der Waals surface area contributed by atoms with Crippen LogP contribution < -0.4 is 5.32 Å². The molecular formula is C14H14F3NO5. The number of methoxy groups -OCH3 is 2. The van der Waals surface area contributed by atoms with Gasteiger partial charge in [0, 0.05) is 6.42 Å². The van der Waals surface area contributed by atoms with Crippen molar-refractivity contribution in [1.82, 2.24) is 0 Å². The van der Waals surface area contributed by atoms with Crippen molar-refractivity contribution in [2.24, 2.45) is 0 Å². The summed E-state index contributed by atoms with van der Waals surface area (Å²) in [6.45, 7) is 0. The maximum atomic E-state index is 12.7. The number of carbonyl (C=O) groups excluding carboxylic acids is 3. The largest absolute Gasteiger partial charge is 0.469 e. The summed E-state index contributed by atoms with van der Waals surface area (Å²) in [4.78, 5) is 34.2. The van der Waals surface area contributed by atoms with Crippen molar-refractivity contribution in [3.63, 3.8) is 0 Å². The Balaban J connectivity index is 3.03. The molecule has 0 atom stereocenters. The van der Waals surface area contributed by atoms with Crippen LogP contribution in [0, 0.1) is 0 Å². The average molecular weight is 333 g/mol. The smallest absolute Gasteiger partial charge is 0.416 e. The third kappa shape index (κ3) is 5.28. The Bertz CT molecular complexity index is 613. The molecule has 9 heteroatoms. The van der Waals surface area contributed by atoms with Gasteiger partial charge in [0.05, 0.1) is 37.5 Å². The van der Waals surface area contributed by atoms with E-state index < -0.39 is 29.6 Å². The minimum Gasteiger partial charge on any atom is -0.469 e. The molecule has 1 rings (SSSR count). The van der Waals surface area contributed by atoms with Crippen LogP contribution in [0.3, 0.4) is 0 Å². The van der Waals surface area contributed by atoms with Crippen LogP contribution in [0.25, 0.3) is 0 Å². The van der Waals surface area contributed by atoms with Gasteiger partial charge in [-0.25, -0.2) is 4.79 Å². The van der Waals surface area contributed by atoms with E-state index in [1.165, 1.54) is 0 Å². The number of amides is 1. The van der Waals surface area contributed by atoms with Gasteiger partial charge in [-0.15, -0.1) is 0 Å². The highest BCUT2D eigenvalue weighted by atomic mass is 19.4. The van der Waals surface area contributed by atoms with E-state index in [0.717, 1.165) is 20.3 Å². The number of halogens is 3. The van der Waals surface area contributed by atoms with Crippen LogP contribution in [0.15, 0.2) is 18.2 Å². The third-order valence-electron chi connectivity index (χ3n) is 2.81. The first-order valence-electron chi connectivity index (χ1n) is 6.35. The molecule has 0 unspecified atom stereocenters. The molecule has 1 N–H and O–H groups in total. The molecule has 0 bridgehead atoms. The van der Waals surface area contributed by atoms with Crippen LogP contribution >= 0.6 is 0 Å². The summed E-state index contributed by atoms with van der Waals surface area (Å²) in [5, 5.41) is 2.17. The Labute approximate surface area is 129 Å². The number of benzene rings is 1. The lowest BCUT2D eigenvalue weighted by Gasteiger charge is -2.13. The summed E-state index contributed by atoms with van der Waals surface area (Å²) in [5.74, 6) is -2.28. The molecule has 0 aromatic heterocycles. The second-order valence-corrected chi connectivity index (χ2v) is 4.37. The molecule has 23 heavy (non-hydrogen) atoms. The van der Waals surface area contributed by atoms with Crippen molar-refractivity contribution in [2.75, 3.05) is 19.5 Å². The van der Waals surface area contributed by atoms with Crippen LogP contribution in [0.2, 0.25) is 0 Å². The molecule has 0 aliphatic carbocycles. The van der Waals surface area contributed by atoms with Crippen LogP contribution in [0.5, 0.6) is 0 Å². The molecule has 0 saturated carbocycles. The minimum absolute atomic E-state index is 0.230. The van der Waals surface area contributed by atoms with Gasteiger partial charge in [-0.2, -0.15) is 13.2 Å². The van der Waals surface area contributed by atoms with Crippen LogP contribution in [0.4, 0.5) is 18.9 Å². The molecule has 0 heterocycles. The van der Waals surface area contributed by atoms with Gasteiger partial charge in [0.1, 0.15) is 0 Å². The number of carbonyl (C=O) groups is 3. The minimum atomic E-state index is -4.64. The quantitative estimate of drug-likeness (QED) is 0.837. The summed E-state index contributed by atoms with van der Waals surface area (Å²) in [6.07, 6.45) is -5.18. The van der Waals surface area contributed by atoms with Crippen molar-refractivity contribution in [3.8, 4) is 0 Å². The fraction of sp³-hybridized carbons (Fsp3) is 0.357. The molecular weight excluding hydrogens is 319 g/mol. The molecule has 1 aromatic rings. The second kappa shape index (κ2) is 7.61. The van der Waals surface area contributed by atoms with E-state index in [9.17, 15) is 27.6 Å². The summed E-state index contributed by atoms with van der Waals surface area (Å²) in [5.41, 5.74) is -1.61. The van der Waals surface area contributed by atoms with Crippen molar-refractivity contribution < 1.29 is 37.0 Å². The average Bonchev–Trinajstić information content (AvgIpc) is 2.50. The highest BCUT2D eigenvalue weighted by Gasteiger charge is 2.32. The predicted octanol–water partition coefficient (Wildman–Crippen LogP) is 2.38.